The Kier molecular flexibility index (Phi) is 4.00. The zero-order valence-electron chi connectivity index (χ0n) is 8.64. The van der Waals surface area contributed by atoms with Gasteiger partial charge in [0.1, 0.15) is 0 Å². The molecule has 0 heterocycles. The van der Waals surface area contributed by atoms with Crippen LogP contribution >= 0.6 is 0 Å². The monoisotopic (exact) mass is 246 g/mol. The first-order chi connectivity index (χ1) is 7.45. The van der Waals surface area contributed by atoms with Gasteiger partial charge in [-0.25, -0.2) is 4.79 Å². The van der Waals surface area contributed by atoms with E-state index >= 15 is 0 Å². The predicted molar refractivity (Wildman–Crippen MR) is 55.3 cm³/mol. The number of rotatable bonds is 4. The molecule has 1 aromatic rings. The predicted octanol–water partition coefficient (Wildman–Crippen LogP) is 1.91. The summed E-state index contributed by atoms with van der Waals surface area (Å²) >= 11 is 0. The van der Waals surface area contributed by atoms with Crippen LogP contribution < -0.4 is 0 Å². The first-order valence-electron chi connectivity index (χ1n) is 4.67. The standard InChI is InChI=1S/C10H11FO4S/c1-2-7-15-10(12)8-3-5-9(6-4-8)16(11,13)14/h3-6H,2,7H2,1H3. The third-order valence-corrected chi connectivity index (χ3v) is 2.64. The molecule has 0 aliphatic heterocycles. The van der Waals surface area contributed by atoms with Crippen LogP contribution in [0, 0.1) is 0 Å². The topological polar surface area (TPSA) is 60.4 Å². The van der Waals surface area contributed by atoms with E-state index in [1.54, 1.807) is 0 Å². The van der Waals surface area contributed by atoms with Crippen LogP contribution in [0.4, 0.5) is 3.89 Å². The molecule has 0 atom stereocenters. The van der Waals surface area contributed by atoms with Crippen molar-refractivity contribution in [2.24, 2.45) is 0 Å². The van der Waals surface area contributed by atoms with Gasteiger partial charge in [-0.3, -0.25) is 0 Å². The summed E-state index contributed by atoms with van der Waals surface area (Å²) in [6.07, 6.45) is 0.697. The summed E-state index contributed by atoms with van der Waals surface area (Å²) in [5.41, 5.74) is 0.195. The van der Waals surface area contributed by atoms with E-state index in [2.05, 4.69) is 0 Å². The number of carbonyl (C=O) groups is 1. The summed E-state index contributed by atoms with van der Waals surface area (Å²) in [5, 5.41) is 0. The Bertz CT molecular complexity index is 464. The second-order valence-corrected chi connectivity index (χ2v) is 4.45. The molecular formula is C10H11FO4S. The summed E-state index contributed by atoms with van der Waals surface area (Å²) < 4.78 is 38.3. The molecule has 0 fully saturated rings. The summed E-state index contributed by atoms with van der Waals surface area (Å²) in [6.45, 7) is 2.15. The zero-order valence-corrected chi connectivity index (χ0v) is 9.46. The molecule has 0 saturated carbocycles. The van der Waals surface area contributed by atoms with Gasteiger partial charge in [-0.2, -0.15) is 8.42 Å². The fourth-order valence-corrected chi connectivity index (χ4v) is 1.49. The second-order valence-electron chi connectivity index (χ2n) is 3.10. The Morgan fingerprint density at radius 1 is 1.31 bits per heavy atom. The van der Waals surface area contributed by atoms with Crippen molar-refractivity contribution in [3.63, 3.8) is 0 Å². The third-order valence-electron chi connectivity index (χ3n) is 1.81. The smallest absolute Gasteiger partial charge is 0.338 e. The molecule has 0 unspecified atom stereocenters. The van der Waals surface area contributed by atoms with E-state index in [-0.39, 0.29) is 5.56 Å². The van der Waals surface area contributed by atoms with E-state index < -0.39 is 21.1 Å². The van der Waals surface area contributed by atoms with Crippen molar-refractivity contribution in [1.82, 2.24) is 0 Å². The summed E-state index contributed by atoms with van der Waals surface area (Å²) in [7, 11) is -4.71. The van der Waals surface area contributed by atoms with E-state index in [1.165, 1.54) is 12.1 Å². The molecule has 0 amide bonds. The van der Waals surface area contributed by atoms with Crippen molar-refractivity contribution in [2.75, 3.05) is 6.61 Å². The van der Waals surface area contributed by atoms with Crippen LogP contribution in [0.5, 0.6) is 0 Å². The van der Waals surface area contributed by atoms with Gasteiger partial charge in [0.25, 0.3) is 0 Å². The maximum atomic E-state index is 12.5. The zero-order chi connectivity index (χ0) is 12.2. The largest absolute Gasteiger partial charge is 0.462 e. The first kappa shape index (κ1) is 12.6. The van der Waals surface area contributed by atoms with Gasteiger partial charge >= 0.3 is 16.2 Å². The van der Waals surface area contributed by atoms with Gasteiger partial charge in [0, 0.05) is 0 Å². The molecule has 0 radical (unpaired) electrons. The van der Waals surface area contributed by atoms with Gasteiger partial charge < -0.3 is 4.74 Å². The van der Waals surface area contributed by atoms with E-state index in [4.69, 9.17) is 4.74 Å². The molecule has 0 aromatic heterocycles. The van der Waals surface area contributed by atoms with Crippen LogP contribution in [0.2, 0.25) is 0 Å². The normalized spacial score (nSPS) is 11.1. The average Bonchev–Trinajstić information content (AvgIpc) is 2.25. The second kappa shape index (κ2) is 5.07. The highest BCUT2D eigenvalue weighted by atomic mass is 32.3. The van der Waals surface area contributed by atoms with Gasteiger partial charge in [0.15, 0.2) is 0 Å². The van der Waals surface area contributed by atoms with E-state index in [0.29, 0.717) is 13.0 Å². The molecule has 6 heteroatoms. The lowest BCUT2D eigenvalue weighted by molar-refractivity contribution is 0.0505. The highest BCUT2D eigenvalue weighted by Crippen LogP contribution is 2.13. The molecule has 0 bridgehead atoms. The highest BCUT2D eigenvalue weighted by Gasteiger charge is 2.13. The average molecular weight is 246 g/mol. The number of esters is 1. The lowest BCUT2D eigenvalue weighted by atomic mass is 10.2. The molecule has 4 nitrogen and oxygen atoms in total. The van der Waals surface area contributed by atoms with Crippen LogP contribution in [0.3, 0.4) is 0 Å². The summed E-state index contributed by atoms with van der Waals surface area (Å²) in [4.78, 5) is 10.8. The molecule has 1 aromatic carbocycles. The maximum absolute atomic E-state index is 12.5. The fourth-order valence-electron chi connectivity index (χ4n) is 1.03. The Morgan fingerprint density at radius 2 is 1.88 bits per heavy atom. The molecule has 0 spiro atoms. The highest BCUT2D eigenvalue weighted by molar-refractivity contribution is 7.86. The molecule has 88 valence electrons. The number of carbonyl (C=O) groups excluding carboxylic acids is 1. The number of benzene rings is 1. The lowest BCUT2D eigenvalue weighted by Gasteiger charge is -2.02. The third kappa shape index (κ3) is 3.30. The van der Waals surface area contributed by atoms with Crippen LogP contribution in [0.15, 0.2) is 29.2 Å². The summed E-state index contributed by atoms with van der Waals surface area (Å²) in [5.74, 6) is -0.551. The first-order valence-corrected chi connectivity index (χ1v) is 6.05. The molecule has 0 aliphatic rings. The Morgan fingerprint density at radius 3 is 2.31 bits per heavy atom. The number of halogens is 1. The van der Waals surface area contributed by atoms with Crippen molar-refractivity contribution >= 4 is 16.2 Å². The Labute approximate surface area is 93.3 Å². The van der Waals surface area contributed by atoms with Crippen molar-refractivity contribution < 1.29 is 21.8 Å². The van der Waals surface area contributed by atoms with Crippen molar-refractivity contribution in [3.05, 3.63) is 29.8 Å². The van der Waals surface area contributed by atoms with Crippen LogP contribution in [0.25, 0.3) is 0 Å². The van der Waals surface area contributed by atoms with Gasteiger partial charge in [0.05, 0.1) is 17.1 Å². The molecule has 0 saturated heterocycles. The SMILES string of the molecule is CCCOC(=O)c1ccc(S(=O)(=O)F)cc1. The van der Waals surface area contributed by atoms with Gasteiger partial charge in [0.2, 0.25) is 0 Å². The van der Waals surface area contributed by atoms with Crippen LogP contribution in [0.1, 0.15) is 23.7 Å². The number of ether oxygens (including phenoxy) is 1. The van der Waals surface area contributed by atoms with Crippen LogP contribution in [-0.2, 0) is 15.0 Å². The maximum Gasteiger partial charge on any atom is 0.338 e. The number of hydrogen-bond donors (Lipinski definition) is 0. The Hall–Kier alpha value is -1.43. The number of hydrogen-bond acceptors (Lipinski definition) is 4. The van der Waals surface area contributed by atoms with E-state index in [1.807, 2.05) is 6.92 Å². The van der Waals surface area contributed by atoms with Gasteiger partial charge in [-0.05, 0) is 30.7 Å². The molecule has 0 N–H and O–H groups in total. The van der Waals surface area contributed by atoms with Gasteiger partial charge in [-0.1, -0.05) is 6.92 Å². The molecular weight excluding hydrogens is 235 g/mol. The Balaban J connectivity index is 2.83. The molecule has 1 rings (SSSR count). The quantitative estimate of drug-likeness (QED) is 0.601. The lowest BCUT2D eigenvalue weighted by Crippen LogP contribution is -2.06. The molecule has 0 aliphatic carbocycles. The fraction of sp³-hybridized carbons (Fsp3) is 0.300. The minimum Gasteiger partial charge on any atom is -0.462 e. The molecule has 16 heavy (non-hydrogen) atoms. The summed E-state index contributed by atoms with van der Waals surface area (Å²) in [6, 6.07) is 4.48. The van der Waals surface area contributed by atoms with Crippen molar-refractivity contribution in [1.29, 1.82) is 0 Å². The minimum atomic E-state index is -4.71. The van der Waals surface area contributed by atoms with Crippen molar-refractivity contribution in [3.8, 4) is 0 Å². The van der Waals surface area contributed by atoms with Gasteiger partial charge in [-0.15, -0.1) is 3.89 Å². The van der Waals surface area contributed by atoms with E-state index in [9.17, 15) is 17.1 Å². The van der Waals surface area contributed by atoms with E-state index in [0.717, 1.165) is 12.1 Å². The minimum absolute atomic E-state index is 0.195. The van der Waals surface area contributed by atoms with Crippen molar-refractivity contribution in [2.45, 2.75) is 18.2 Å². The van der Waals surface area contributed by atoms with Crippen LogP contribution in [-0.4, -0.2) is 21.0 Å².